The average Bonchev–Trinajstić information content (AvgIpc) is 2.39. The molecule has 0 aliphatic rings. The van der Waals surface area contributed by atoms with Gasteiger partial charge < -0.3 is 10.1 Å². The fourth-order valence-corrected chi connectivity index (χ4v) is 1.47. The molecule has 2 amide bonds. The summed E-state index contributed by atoms with van der Waals surface area (Å²) in [5.41, 5.74) is 1.41. The number of anilines is 2. The first-order valence-electron chi connectivity index (χ1n) is 5.69. The normalized spacial score (nSPS) is 9.79. The maximum absolute atomic E-state index is 11.7. The molecule has 0 bridgehead atoms. The molecular weight excluding hydrogens is 244 g/mol. The second kappa shape index (κ2) is 5.81. The third kappa shape index (κ3) is 3.67. The number of rotatable bonds is 3. The Labute approximate surface area is 110 Å². The van der Waals surface area contributed by atoms with Gasteiger partial charge in [0, 0.05) is 11.8 Å². The van der Waals surface area contributed by atoms with Crippen LogP contribution < -0.4 is 15.4 Å². The molecule has 6 heteroatoms. The Hall–Kier alpha value is -2.63. The standard InChI is InChI=1S/C13H14N4O2/c1-9-4-3-5-11(15-9)17-13(18)16-10-6-7-12(19-2)14-8-10/h3-8H,1-2H3,(H2,15,16,17,18). The zero-order valence-electron chi connectivity index (χ0n) is 10.7. The molecule has 6 nitrogen and oxygen atoms in total. The fourth-order valence-electron chi connectivity index (χ4n) is 1.47. The Kier molecular flexibility index (Phi) is 3.92. The Bertz CT molecular complexity index is 569. The van der Waals surface area contributed by atoms with Crippen molar-refractivity contribution in [3.63, 3.8) is 0 Å². The van der Waals surface area contributed by atoms with Crippen LogP contribution in [0.1, 0.15) is 5.69 Å². The first-order valence-corrected chi connectivity index (χ1v) is 5.69. The molecule has 0 radical (unpaired) electrons. The second-order valence-electron chi connectivity index (χ2n) is 3.83. The Morgan fingerprint density at radius 1 is 1.21 bits per heavy atom. The molecule has 2 rings (SSSR count). The minimum absolute atomic E-state index is 0.370. The predicted molar refractivity (Wildman–Crippen MR) is 72.4 cm³/mol. The largest absolute Gasteiger partial charge is 0.481 e. The van der Waals surface area contributed by atoms with E-state index in [0.29, 0.717) is 17.4 Å². The van der Waals surface area contributed by atoms with Crippen LogP contribution in [-0.4, -0.2) is 23.1 Å². The van der Waals surface area contributed by atoms with Crippen LogP contribution >= 0.6 is 0 Å². The molecule has 0 saturated carbocycles. The first-order chi connectivity index (χ1) is 9.17. The highest BCUT2D eigenvalue weighted by Gasteiger charge is 2.04. The molecule has 0 saturated heterocycles. The van der Waals surface area contributed by atoms with Gasteiger partial charge in [-0.05, 0) is 25.1 Å². The minimum Gasteiger partial charge on any atom is -0.481 e. The number of carbonyl (C=O) groups excluding carboxylic acids is 1. The van der Waals surface area contributed by atoms with E-state index in [-0.39, 0.29) is 6.03 Å². The highest BCUT2D eigenvalue weighted by molar-refractivity contribution is 5.99. The van der Waals surface area contributed by atoms with Crippen LogP contribution in [0.15, 0.2) is 36.5 Å². The minimum atomic E-state index is -0.370. The van der Waals surface area contributed by atoms with Crippen LogP contribution in [0.2, 0.25) is 0 Å². The Morgan fingerprint density at radius 2 is 2.05 bits per heavy atom. The molecule has 2 aromatic heterocycles. The van der Waals surface area contributed by atoms with Gasteiger partial charge in [-0.3, -0.25) is 5.32 Å². The Balaban J connectivity index is 1.97. The zero-order valence-corrected chi connectivity index (χ0v) is 10.7. The summed E-state index contributed by atoms with van der Waals surface area (Å²) in [6, 6.07) is 8.41. The molecule has 2 aromatic rings. The molecule has 0 fully saturated rings. The lowest BCUT2D eigenvalue weighted by Crippen LogP contribution is -2.20. The summed E-state index contributed by atoms with van der Waals surface area (Å²) >= 11 is 0. The van der Waals surface area contributed by atoms with Gasteiger partial charge in [0.1, 0.15) is 5.82 Å². The molecule has 98 valence electrons. The summed E-state index contributed by atoms with van der Waals surface area (Å²) in [6.07, 6.45) is 1.52. The SMILES string of the molecule is COc1ccc(NC(=O)Nc2cccc(C)n2)cn1. The topological polar surface area (TPSA) is 76.1 Å². The number of aromatic nitrogens is 2. The molecule has 2 N–H and O–H groups in total. The molecule has 0 aliphatic carbocycles. The van der Waals surface area contributed by atoms with E-state index < -0.39 is 0 Å². The second-order valence-corrected chi connectivity index (χ2v) is 3.83. The number of pyridine rings is 2. The van der Waals surface area contributed by atoms with Crippen molar-refractivity contribution in [2.75, 3.05) is 17.7 Å². The summed E-state index contributed by atoms with van der Waals surface area (Å²) in [7, 11) is 1.53. The highest BCUT2D eigenvalue weighted by Crippen LogP contribution is 2.11. The van der Waals surface area contributed by atoms with E-state index >= 15 is 0 Å². The average molecular weight is 258 g/mol. The lowest BCUT2D eigenvalue weighted by molar-refractivity contribution is 0.262. The molecule has 0 unspecified atom stereocenters. The Morgan fingerprint density at radius 3 is 2.68 bits per heavy atom. The van der Waals surface area contributed by atoms with E-state index in [0.717, 1.165) is 5.69 Å². The lowest BCUT2D eigenvalue weighted by atomic mass is 10.4. The predicted octanol–water partition coefficient (Wildman–Crippen LogP) is 2.44. The van der Waals surface area contributed by atoms with Gasteiger partial charge in [-0.1, -0.05) is 6.07 Å². The number of hydrogen-bond acceptors (Lipinski definition) is 4. The molecule has 0 aromatic carbocycles. The van der Waals surface area contributed by atoms with Crippen molar-refractivity contribution in [2.24, 2.45) is 0 Å². The van der Waals surface area contributed by atoms with E-state index in [4.69, 9.17) is 4.74 Å². The smallest absolute Gasteiger partial charge is 0.324 e. The monoisotopic (exact) mass is 258 g/mol. The van der Waals surface area contributed by atoms with Gasteiger partial charge in [0.25, 0.3) is 0 Å². The van der Waals surface area contributed by atoms with E-state index in [1.54, 1.807) is 18.2 Å². The van der Waals surface area contributed by atoms with Crippen LogP contribution in [0.4, 0.5) is 16.3 Å². The van der Waals surface area contributed by atoms with Gasteiger partial charge in [-0.15, -0.1) is 0 Å². The van der Waals surface area contributed by atoms with Crippen molar-refractivity contribution in [3.8, 4) is 5.88 Å². The number of urea groups is 1. The highest BCUT2D eigenvalue weighted by atomic mass is 16.5. The summed E-state index contributed by atoms with van der Waals surface area (Å²) in [5.74, 6) is 0.991. The van der Waals surface area contributed by atoms with Gasteiger partial charge in [-0.2, -0.15) is 0 Å². The van der Waals surface area contributed by atoms with Gasteiger partial charge in [0.15, 0.2) is 0 Å². The molecule has 0 aliphatic heterocycles. The zero-order chi connectivity index (χ0) is 13.7. The van der Waals surface area contributed by atoms with E-state index in [9.17, 15) is 4.79 Å². The van der Waals surface area contributed by atoms with Crippen molar-refractivity contribution in [1.29, 1.82) is 0 Å². The van der Waals surface area contributed by atoms with Gasteiger partial charge in [-0.25, -0.2) is 14.8 Å². The summed E-state index contributed by atoms with van der Waals surface area (Å²) in [5, 5.41) is 5.29. The number of ether oxygens (including phenoxy) is 1. The van der Waals surface area contributed by atoms with Crippen LogP contribution in [0, 0.1) is 6.92 Å². The number of methoxy groups -OCH3 is 1. The quantitative estimate of drug-likeness (QED) is 0.886. The van der Waals surface area contributed by atoms with E-state index in [2.05, 4.69) is 20.6 Å². The van der Waals surface area contributed by atoms with Crippen molar-refractivity contribution in [3.05, 3.63) is 42.2 Å². The fraction of sp³-hybridized carbons (Fsp3) is 0.154. The van der Waals surface area contributed by atoms with Crippen LogP contribution in [0.3, 0.4) is 0 Å². The number of nitrogens with zero attached hydrogens (tertiary/aromatic N) is 2. The van der Waals surface area contributed by atoms with Crippen molar-refractivity contribution in [1.82, 2.24) is 9.97 Å². The van der Waals surface area contributed by atoms with Crippen LogP contribution in [-0.2, 0) is 0 Å². The van der Waals surface area contributed by atoms with E-state index in [1.807, 2.05) is 19.1 Å². The maximum atomic E-state index is 11.7. The van der Waals surface area contributed by atoms with E-state index in [1.165, 1.54) is 13.3 Å². The first kappa shape index (κ1) is 12.8. The lowest BCUT2D eigenvalue weighted by Gasteiger charge is -2.07. The van der Waals surface area contributed by atoms with Crippen molar-refractivity contribution in [2.45, 2.75) is 6.92 Å². The summed E-state index contributed by atoms with van der Waals surface area (Å²) in [4.78, 5) is 19.9. The van der Waals surface area contributed by atoms with Crippen LogP contribution in [0.25, 0.3) is 0 Å². The third-order valence-electron chi connectivity index (χ3n) is 2.33. The number of hydrogen-bond donors (Lipinski definition) is 2. The number of nitrogens with one attached hydrogen (secondary N) is 2. The molecule has 0 spiro atoms. The number of carbonyl (C=O) groups is 1. The molecular formula is C13H14N4O2. The number of amides is 2. The van der Waals surface area contributed by atoms with Gasteiger partial charge >= 0.3 is 6.03 Å². The molecule has 19 heavy (non-hydrogen) atoms. The summed E-state index contributed by atoms with van der Waals surface area (Å²) in [6.45, 7) is 1.86. The summed E-state index contributed by atoms with van der Waals surface area (Å²) < 4.78 is 4.93. The van der Waals surface area contributed by atoms with Gasteiger partial charge in [0.05, 0.1) is 19.0 Å². The van der Waals surface area contributed by atoms with Crippen molar-refractivity contribution >= 4 is 17.5 Å². The molecule has 2 heterocycles. The number of aryl methyl sites for hydroxylation is 1. The van der Waals surface area contributed by atoms with Crippen molar-refractivity contribution < 1.29 is 9.53 Å². The van der Waals surface area contributed by atoms with Crippen LogP contribution in [0.5, 0.6) is 5.88 Å². The third-order valence-corrected chi connectivity index (χ3v) is 2.33. The van der Waals surface area contributed by atoms with Gasteiger partial charge in [0.2, 0.25) is 5.88 Å². The maximum Gasteiger partial charge on any atom is 0.324 e. The molecule has 0 atom stereocenters.